The summed E-state index contributed by atoms with van der Waals surface area (Å²) in [6.07, 6.45) is 4.50. The molecule has 0 bridgehead atoms. The van der Waals surface area contributed by atoms with Crippen molar-refractivity contribution < 1.29 is 23.5 Å². The molecule has 1 fully saturated rings. The lowest BCUT2D eigenvalue weighted by molar-refractivity contribution is -0.130. The van der Waals surface area contributed by atoms with Gasteiger partial charge in [-0.1, -0.05) is 6.07 Å². The average Bonchev–Trinajstić information content (AvgIpc) is 3.41. The predicted octanol–water partition coefficient (Wildman–Crippen LogP) is 2.75. The molecule has 1 aromatic heterocycles. The zero-order valence-electron chi connectivity index (χ0n) is 15.6. The number of rotatable bonds is 6. The molecule has 0 unspecified atom stereocenters. The second-order valence-electron chi connectivity index (χ2n) is 7.25. The van der Waals surface area contributed by atoms with Crippen molar-refractivity contribution in [3.8, 4) is 11.5 Å². The molecule has 0 saturated heterocycles. The average molecular weight is 384 g/mol. The molecule has 1 aromatic carbocycles. The number of benzene rings is 1. The molecule has 0 radical (unpaired) electrons. The number of carbonyl (C=O) groups excluding carboxylic acids is 2. The van der Waals surface area contributed by atoms with Gasteiger partial charge in [0, 0.05) is 18.4 Å². The van der Waals surface area contributed by atoms with E-state index in [1.807, 2.05) is 24.3 Å². The number of amides is 2. The minimum Gasteiger partial charge on any atom is -0.467 e. The third kappa shape index (κ3) is 4.30. The molecule has 7 heteroatoms. The zero-order valence-corrected chi connectivity index (χ0v) is 15.6. The van der Waals surface area contributed by atoms with Crippen LogP contribution in [0.5, 0.6) is 11.5 Å². The Morgan fingerprint density at radius 1 is 0.893 bits per heavy atom. The highest BCUT2D eigenvalue weighted by molar-refractivity contribution is 5.81. The summed E-state index contributed by atoms with van der Waals surface area (Å²) < 4.78 is 15.9. The van der Waals surface area contributed by atoms with Crippen molar-refractivity contribution in [3.63, 3.8) is 0 Å². The normalized spacial score (nSPS) is 20.6. The van der Waals surface area contributed by atoms with E-state index in [1.165, 1.54) is 0 Å². The number of hydrogen-bond donors (Lipinski definition) is 2. The minimum atomic E-state index is -0.0388. The zero-order chi connectivity index (χ0) is 19.3. The van der Waals surface area contributed by atoms with Crippen molar-refractivity contribution in [2.24, 2.45) is 11.8 Å². The van der Waals surface area contributed by atoms with Crippen LogP contribution in [-0.4, -0.2) is 18.6 Å². The molecule has 1 saturated carbocycles. The summed E-state index contributed by atoms with van der Waals surface area (Å²) in [7, 11) is 0. The van der Waals surface area contributed by atoms with Crippen LogP contribution in [-0.2, 0) is 22.7 Å². The molecule has 2 amide bonds. The van der Waals surface area contributed by atoms with E-state index in [1.54, 1.807) is 12.3 Å². The maximum Gasteiger partial charge on any atom is 0.231 e. The van der Waals surface area contributed by atoms with E-state index in [2.05, 4.69) is 10.6 Å². The number of furan rings is 1. The first kappa shape index (κ1) is 18.4. The van der Waals surface area contributed by atoms with Gasteiger partial charge >= 0.3 is 0 Å². The molecule has 2 aromatic rings. The van der Waals surface area contributed by atoms with Crippen LogP contribution in [0.1, 0.15) is 37.0 Å². The topological polar surface area (TPSA) is 89.8 Å². The molecule has 2 aliphatic rings. The largest absolute Gasteiger partial charge is 0.467 e. The van der Waals surface area contributed by atoms with Crippen LogP contribution in [0.25, 0.3) is 0 Å². The highest BCUT2D eigenvalue weighted by Gasteiger charge is 2.29. The Labute approximate surface area is 163 Å². The fourth-order valence-electron chi connectivity index (χ4n) is 3.73. The maximum atomic E-state index is 12.5. The third-order valence-electron chi connectivity index (χ3n) is 5.39. The maximum absolute atomic E-state index is 12.5. The van der Waals surface area contributed by atoms with Crippen LogP contribution in [0, 0.1) is 11.8 Å². The van der Waals surface area contributed by atoms with Crippen molar-refractivity contribution >= 4 is 11.8 Å². The summed E-state index contributed by atoms with van der Waals surface area (Å²) in [4.78, 5) is 24.8. The van der Waals surface area contributed by atoms with E-state index in [0.717, 1.165) is 42.8 Å². The van der Waals surface area contributed by atoms with Gasteiger partial charge in [0.2, 0.25) is 18.6 Å². The van der Waals surface area contributed by atoms with Crippen molar-refractivity contribution in [2.75, 3.05) is 6.79 Å². The first-order valence-electron chi connectivity index (χ1n) is 9.65. The standard InChI is InChI=1S/C21H24N2O5/c24-20(22-11-14-3-8-18-19(10-14)28-13-27-18)15-4-6-16(7-5-15)21(25)23-12-17-2-1-9-26-17/h1-3,8-10,15-16H,4-7,11-13H2,(H,22,24)(H,23,25). The lowest BCUT2D eigenvalue weighted by atomic mass is 9.81. The highest BCUT2D eigenvalue weighted by atomic mass is 16.7. The lowest BCUT2D eigenvalue weighted by Gasteiger charge is -2.27. The molecule has 2 N–H and O–H groups in total. The molecular weight excluding hydrogens is 360 g/mol. The van der Waals surface area contributed by atoms with Gasteiger partial charge in [0.15, 0.2) is 11.5 Å². The summed E-state index contributed by atoms with van der Waals surface area (Å²) in [5.41, 5.74) is 0.976. The Kier molecular flexibility index (Phi) is 5.50. The van der Waals surface area contributed by atoms with Gasteiger partial charge in [0.1, 0.15) is 5.76 Å². The first-order chi connectivity index (χ1) is 13.7. The van der Waals surface area contributed by atoms with Gasteiger partial charge in [-0.25, -0.2) is 0 Å². The first-order valence-corrected chi connectivity index (χ1v) is 9.65. The predicted molar refractivity (Wildman–Crippen MR) is 100 cm³/mol. The summed E-state index contributed by atoms with van der Waals surface area (Å²) in [6, 6.07) is 9.31. The lowest BCUT2D eigenvalue weighted by Crippen LogP contribution is -2.37. The molecule has 148 valence electrons. The van der Waals surface area contributed by atoms with E-state index in [-0.39, 0.29) is 30.4 Å². The number of ether oxygens (including phenoxy) is 2. The van der Waals surface area contributed by atoms with Gasteiger partial charge in [-0.05, 0) is 55.5 Å². The number of fused-ring (bicyclic) bond motifs is 1. The Balaban J connectivity index is 1.20. The van der Waals surface area contributed by atoms with Crippen LogP contribution in [0.15, 0.2) is 41.0 Å². The van der Waals surface area contributed by atoms with E-state index < -0.39 is 0 Å². The van der Waals surface area contributed by atoms with Crippen LogP contribution in [0.3, 0.4) is 0 Å². The number of carbonyl (C=O) groups is 2. The monoisotopic (exact) mass is 384 g/mol. The van der Waals surface area contributed by atoms with Crippen molar-refractivity contribution in [1.29, 1.82) is 0 Å². The fourth-order valence-corrected chi connectivity index (χ4v) is 3.73. The Hall–Kier alpha value is -2.96. The van der Waals surface area contributed by atoms with Crippen molar-refractivity contribution in [3.05, 3.63) is 47.9 Å². The second-order valence-corrected chi connectivity index (χ2v) is 7.25. The molecule has 0 atom stereocenters. The van der Waals surface area contributed by atoms with Crippen LogP contribution >= 0.6 is 0 Å². The van der Waals surface area contributed by atoms with Crippen LogP contribution < -0.4 is 20.1 Å². The third-order valence-corrected chi connectivity index (χ3v) is 5.39. The molecule has 2 heterocycles. The van der Waals surface area contributed by atoms with E-state index in [4.69, 9.17) is 13.9 Å². The summed E-state index contributed by atoms with van der Waals surface area (Å²) in [6.45, 7) is 1.10. The van der Waals surface area contributed by atoms with Crippen molar-refractivity contribution in [2.45, 2.75) is 38.8 Å². The summed E-state index contributed by atoms with van der Waals surface area (Å²) in [5, 5.41) is 5.91. The van der Waals surface area contributed by atoms with Gasteiger partial charge in [-0.3, -0.25) is 9.59 Å². The highest BCUT2D eigenvalue weighted by Crippen LogP contribution is 2.33. The second kappa shape index (κ2) is 8.37. The van der Waals surface area contributed by atoms with Gasteiger partial charge in [-0.2, -0.15) is 0 Å². The molecule has 0 spiro atoms. The smallest absolute Gasteiger partial charge is 0.231 e. The quantitative estimate of drug-likeness (QED) is 0.799. The summed E-state index contributed by atoms with van der Waals surface area (Å²) in [5.74, 6) is 2.20. The fraction of sp³-hybridized carbons (Fsp3) is 0.429. The summed E-state index contributed by atoms with van der Waals surface area (Å²) >= 11 is 0. The Morgan fingerprint density at radius 3 is 2.25 bits per heavy atom. The van der Waals surface area contributed by atoms with E-state index in [9.17, 15) is 9.59 Å². The van der Waals surface area contributed by atoms with E-state index >= 15 is 0 Å². The molecule has 1 aliphatic carbocycles. The molecule has 4 rings (SSSR count). The van der Waals surface area contributed by atoms with Gasteiger partial charge in [0.25, 0.3) is 0 Å². The van der Waals surface area contributed by atoms with Gasteiger partial charge in [0.05, 0.1) is 12.8 Å². The Bertz CT molecular complexity index is 825. The van der Waals surface area contributed by atoms with Crippen molar-refractivity contribution in [1.82, 2.24) is 10.6 Å². The molecular formula is C21H24N2O5. The van der Waals surface area contributed by atoms with E-state index in [0.29, 0.717) is 18.8 Å². The number of nitrogens with one attached hydrogen (secondary N) is 2. The van der Waals surface area contributed by atoms with Crippen LogP contribution in [0.2, 0.25) is 0 Å². The van der Waals surface area contributed by atoms with Gasteiger partial charge in [-0.15, -0.1) is 0 Å². The van der Waals surface area contributed by atoms with Crippen LogP contribution in [0.4, 0.5) is 0 Å². The minimum absolute atomic E-state index is 0.0344. The van der Waals surface area contributed by atoms with Gasteiger partial charge < -0.3 is 24.5 Å². The Morgan fingerprint density at radius 2 is 1.57 bits per heavy atom. The molecule has 1 aliphatic heterocycles. The SMILES string of the molecule is O=C(NCc1ccc2c(c1)OCO2)C1CCC(C(=O)NCc2ccco2)CC1. The molecule has 28 heavy (non-hydrogen) atoms. The number of hydrogen-bond acceptors (Lipinski definition) is 5. The molecule has 7 nitrogen and oxygen atoms in total.